The van der Waals surface area contributed by atoms with E-state index in [2.05, 4.69) is 13.2 Å². The number of hydrogen-bond donors (Lipinski definition) is 0. The predicted molar refractivity (Wildman–Crippen MR) is 70.4 cm³/mol. The lowest BCUT2D eigenvalue weighted by atomic mass is 10.6. The van der Waals surface area contributed by atoms with Gasteiger partial charge in [0.15, 0.2) is 0 Å². The van der Waals surface area contributed by atoms with Crippen LogP contribution in [0.15, 0.2) is 24.1 Å². The maximum Gasteiger partial charge on any atom is 0.315 e. The van der Waals surface area contributed by atoms with Gasteiger partial charge < -0.3 is 4.74 Å². The fourth-order valence-electron chi connectivity index (χ4n) is 0.781. The molecule has 86 valence electrons. The van der Waals surface area contributed by atoms with Crippen LogP contribution in [-0.2, 0) is 9.53 Å². The van der Waals surface area contributed by atoms with Crippen LogP contribution in [-0.4, -0.2) is 29.8 Å². The number of thioether (sulfide) groups is 2. The fraction of sp³-hybridized carbons (Fsp3) is 0.545. The van der Waals surface area contributed by atoms with E-state index in [9.17, 15) is 4.79 Å². The third-order valence-electron chi connectivity index (χ3n) is 1.47. The first-order valence-corrected chi connectivity index (χ1v) is 7.02. The minimum absolute atomic E-state index is 0.120. The molecule has 0 aliphatic rings. The lowest BCUT2D eigenvalue weighted by molar-refractivity contribution is -0.139. The number of carbonyl (C=O) groups is 1. The fourth-order valence-corrected chi connectivity index (χ4v) is 2.38. The Balaban J connectivity index is 3.21. The molecule has 0 spiro atoms. The summed E-state index contributed by atoms with van der Waals surface area (Å²) < 4.78 is 4.81. The van der Waals surface area contributed by atoms with Crippen LogP contribution in [0.4, 0.5) is 0 Å². The standard InChI is InChI=1S/C11H18O2S2/c1-4-10(3)15-8-6-7-14-9-11(12)13-5-2/h4H,1,3,5-9H2,2H3. The molecular weight excluding hydrogens is 228 g/mol. The Labute approximate surface area is 101 Å². The summed E-state index contributed by atoms with van der Waals surface area (Å²) in [5, 5.41) is 0. The quantitative estimate of drug-likeness (QED) is 0.355. The molecule has 0 aromatic rings. The second-order valence-corrected chi connectivity index (χ2v) is 5.06. The second-order valence-electron chi connectivity index (χ2n) is 2.73. The molecule has 0 saturated carbocycles. The Morgan fingerprint density at radius 2 is 2.20 bits per heavy atom. The molecule has 0 rings (SSSR count). The zero-order chi connectivity index (χ0) is 11.5. The molecule has 0 aliphatic carbocycles. The van der Waals surface area contributed by atoms with Gasteiger partial charge in [-0.2, -0.15) is 11.8 Å². The van der Waals surface area contributed by atoms with Crippen molar-refractivity contribution in [2.24, 2.45) is 0 Å². The van der Waals surface area contributed by atoms with Crippen LogP contribution in [0.1, 0.15) is 13.3 Å². The van der Waals surface area contributed by atoms with E-state index in [1.54, 1.807) is 29.6 Å². The molecule has 0 radical (unpaired) electrons. The number of hydrogen-bond acceptors (Lipinski definition) is 4. The van der Waals surface area contributed by atoms with Gasteiger partial charge in [-0.25, -0.2) is 0 Å². The van der Waals surface area contributed by atoms with Crippen LogP contribution in [0.5, 0.6) is 0 Å². The maximum atomic E-state index is 11.0. The third kappa shape index (κ3) is 9.94. The van der Waals surface area contributed by atoms with Crippen molar-refractivity contribution >= 4 is 29.5 Å². The molecular formula is C11H18O2S2. The van der Waals surface area contributed by atoms with Gasteiger partial charge in [-0.15, -0.1) is 11.8 Å². The molecule has 0 saturated heterocycles. The molecule has 15 heavy (non-hydrogen) atoms. The van der Waals surface area contributed by atoms with E-state index < -0.39 is 0 Å². The number of allylic oxidation sites excluding steroid dienone is 1. The lowest BCUT2D eigenvalue weighted by Gasteiger charge is -2.02. The van der Waals surface area contributed by atoms with Crippen LogP contribution in [0.2, 0.25) is 0 Å². The number of ether oxygens (including phenoxy) is 1. The van der Waals surface area contributed by atoms with E-state index in [4.69, 9.17) is 4.74 Å². The zero-order valence-corrected chi connectivity index (χ0v) is 10.8. The molecule has 0 aromatic heterocycles. The van der Waals surface area contributed by atoms with Crippen LogP contribution < -0.4 is 0 Å². The van der Waals surface area contributed by atoms with E-state index >= 15 is 0 Å². The first kappa shape index (κ1) is 14.6. The molecule has 0 N–H and O–H groups in total. The summed E-state index contributed by atoms with van der Waals surface area (Å²) in [6.45, 7) is 9.73. The SMILES string of the molecule is C=CC(=C)SCCCSCC(=O)OCC. The first-order valence-electron chi connectivity index (χ1n) is 4.88. The Morgan fingerprint density at radius 1 is 1.47 bits per heavy atom. The topological polar surface area (TPSA) is 26.3 Å². The van der Waals surface area contributed by atoms with E-state index in [0.29, 0.717) is 12.4 Å². The van der Waals surface area contributed by atoms with Gasteiger partial charge in [-0.1, -0.05) is 19.2 Å². The summed E-state index contributed by atoms with van der Waals surface area (Å²) in [5.74, 6) is 2.35. The summed E-state index contributed by atoms with van der Waals surface area (Å²) in [4.78, 5) is 12.0. The molecule has 0 unspecified atom stereocenters. The molecule has 0 aliphatic heterocycles. The largest absolute Gasteiger partial charge is 0.465 e. The highest BCUT2D eigenvalue weighted by molar-refractivity contribution is 8.03. The average Bonchev–Trinajstić information content (AvgIpc) is 2.23. The van der Waals surface area contributed by atoms with Crippen molar-refractivity contribution in [3.8, 4) is 0 Å². The van der Waals surface area contributed by atoms with Crippen LogP contribution in [0, 0.1) is 0 Å². The van der Waals surface area contributed by atoms with Gasteiger partial charge in [0, 0.05) is 0 Å². The van der Waals surface area contributed by atoms with Gasteiger partial charge in [0.05, 0.1) is 12.4 Å². The van der Waals surface area contributed by atoms with Crippen molar-refractivity contribution < 1.29 is 9.53 Å². The summed E-state index contributed by atoms with van der Waals surface area (Å²) in [5.41, 5.74) is 0. The summed E-state index contributed by atoms with van der Waals surface area (Å²) >= 11 is 3.32. The highest BCUT2D eigenvalue weighted by Crippen LogP contribution is 2.16. The highest BCUT2D eigenvalue weighted by Gasteiger charge is 2.00. The van der Waals surface area contributed by atoms with Gasteiger partial charge in [0.2, 0.25) is 0 Å². The van der Waals surface area contributed by atoms with Crippen molar-refractivity contribution in [3.05, 3.63) is 24.1 Å². The normalized spacial score (nSPS) is 9.67. The van der Waals surface area contributed by atoms with E-state index in [0.717, 1.165) is 22.8 Å². The molecule has 0 heterocycles. The monoisotopic (exact) mass is 246 g/mol. The van der Waals surface area contributed by atoms with E-state index in [1.165, 1.54) is 0 Å². The third-order valence-corrected chi connectivity index (χ3v) is 3.52. The van der Waals surface area contributed by atoms with Crippen LogP contribution in [0.25, 0.3) is 0 Å². The maximum absolute atomic E-state index is 11.0. The van der Waals surface area contributed by atoms with Crippen molar-refractivity contribution in [3.63, 3.8) is 0 Å². The average molecular weight is 246 g/mol. The summed E-state index contributed by atoms with van der Waals surface area (Å²) in [6, 6.07) is 0. The Hall–Kier alpha value is -0.350. The Morgan fingerprint density at radius 3 is 2.80 bits per heavy atom. The van der Waals surface area contributed by atoms with Crippen molar-refractivity contribution in [2.45, 2.75) is 13.3 Å². The molecule has 4 heteroatoms. The zero-order valence-electron chi connectivity index (χ0n) is 9.16. The Kier molecular flexibility index (Phi) is 9.94. The van der Waals surface area contributed by atoms with Crippen LogP contribution in [0.3, 0.4) is 0 Å². The molecule has 0 fully saturated rings. The van der Waals surface area contributed by atoms with Crippen LogP contribution >= 0.6 is 23.5 Å². The van der Waals surface area contributed by atoms with E-state index in [1.807, 2.05) is 6.92 Å². The molecule has 0 atom stereocenters. The molecule has 0 aromatic carbocycles. The number of rotatable bonds is 9. The molecule has 0 amide bonds. The predicted octanol–water partition coefficient (Wildman–Crippen LogP) is 3.11. The molecule has 2 nitrogen and oxygen atoms in total. The highest BCUT2D eigenvalue weighted by atomic mass is 32.2. The van der Waals surface area contributed by atoms with Gasteiger partial charge >= 0.3 is 5.97 Å². The summed E-state index contributed by atoms with van der Waals surface area (Å²) in [7, 11) is 0. The Bertz CT molecular complexity index is 215. The number of esters is 1. The van der Waals surface area contributed by atoms with Gasteiger partial charge in [0.25, 0.3) is 0 Å². The minimum Gasteiger partial charge on any atom is -0.465 e. The molecule has 0 bridgehead atoms. The van der Waals surface area contributed by atoms with Gasteiger partial charge in [-0.05, 0) is 29.8 Å². The number of carbonyl (C=O) groups excluding carboxylic acids is 1. The first-order chi connectivity index (χ1) is 7.20. The lowest BCUT2D eigenvalue weighted by Crippen LogP contribution is -2.07. The smallest absolute Gasteiger partial charge is 0.315 e. The van der Waals surface area contributed by atoms with Gasteiger partial charge in [0.1, 0.15) is 0 Å². The van der Waals surface area contributed by atoms with Gasteiger partial charge in [-0.3, -0.25) is 4.79 Å². The van der Waals surface area contributed by atoms with Crippen molar-refractivity contribution in [2.75, 3.05) is 23.9 Å². The van der Waals surface area contributed by atoms with Crippen molar-refractivity contribution in [1.82, 2.24) is 0 Å². The van der Waals surface area contributed by atoms with E-state index in [-0.39, 0.29) is 5.97 Å². The minimum atomic E-state index is -0.120. The second kappa shape index (κ2) is 10.2. The summed E-state index contributed by atoms with van der Waals surface area (Å²) in [6.07, 6.45) is 2.83. The van der Waals surface area contributed by atoms with Crippen molar-refractivity contribution in [1.29, 1.82) is 0 Å².